The number of pyridine rings is 2. The second-order valence-electron chi connectivity index (χ2n) is 18.7. The number of piperidine rings is 1. The van der Waals surface area contributed by atoms with E-state index in [0.717, 1.165) is 94.6 Å². The van der Waals surface area contributed by atoms with E-state index in [4.69, 9.17) is 10.5 Å². The number of fused-ring (bicyclic) bond motifs is 1. The number of hydrogen-bond acceptors (Lipinski definition) is 13. The number of nitrogens with one attached hydrogen (secondary N) is 4. The number of sulfonamides is 1. The summed E-state index contributed by atoms with van der Waals surface area (Å²) in [6.45, 7) is 5.18. The fourth-order valence-corrected chi connectivity index (χ4v) is 11.6. The number of ether oxygens (including phenoxy) is 1. The standard InChI is InChI=1S/C47H56N10O6S/c48-33-9-5-30(6-10-33)26-51-45-41(57(59)60)23-37(28-53-45)64(61,62)54-46(58)40-12-11-34(22-43(40)63-36-21-32-13-16-50-44(32)52-27-36)55-18-14-47(15-19-55)24-35(25-47)56-20-17-49-29-42(56)39-4-2-1-3-38(39)31-7-8-31/h1-4,11-13,16,21-23,27-28,30-31,33,35,42,49H,5-10,14-15,17-20,24-26,29,48H2,(H,50,52)(H,51,53)(H,54,58)/t30?,33?,42-/m0/s1. The topological polar surface area (TPSA) is 214 Å². The normalized spacial score (nSPS) is 22.8. The third-order valence-electron chi connectivity index (χ3n) is 14.5. The maximum absolute atomic E-state index is 14.0. The molecule has 5 aliphatic rings. The number of aromatic nitrogens is 3. The van der Waals surface area contributed by atoms with Crippen LogP contribution < -0.4 is 30.7 Å². The van der Waals surface area contributed by atoms with Gasteiger partial charge in [0.05, 0.1) is 22.9 Å². The number of rotatable bonds is 13. The van der Waals surface area contributed by atoms with E-state index in [2.05, 4.69) is 64.4 Å². The van der Waals surface area contributed by atoms with Crippen LogP contribution >= 0.6 is 0 Å². The van der Waals surface area contributed by atoms with Crippen LogP contribution in [0.5, 0.6) is 11.5 Å². The number of amides is 1. The van der Waals surface area contributed by atoms with Gasteiger partial charge in [-0.25, -0.2) is 23.1 Å². The van der Waals surface area contributed by atoms with Crippen LogP contribution in [0.15, 0.2) is 84.1 Å². The molecule has 3 saturated carbocycles. The molecule has 336 valence electrons. The van der Waals surface area contributed by atoms with Gasteiger partial charge in [-0.2, -0.15) is 0 Å². The summed E-state index contributed by atoms with van der Waals surface area (Å²) in [5.74, 6) is 0.500. The molecule has 0 radical (unpaired) electrons. The smallest absolute Gasteiger partial charge is 0.312 e. The molecule has 2 aromatic carbocycles. The Balaban J connectivity index is 0.838. The number of benzene rings is 2. The molecular weight excluding hydrogens is 833 g/mol. The molecule has 64 heavy (non-hydrogen) atoms. The van der Waals surface area contributed by atoms with E-state index < -0.39 is 31.4 Å². The summed E-state index contributed by atoms with van der Waals surface area (Å²) >= 11 is 0. The monoisotopic (exact) mass is 888 g/mol. The minimum absolute atomic E-state index is 0.0291. The molecule has 6 N–H and O–H groups in total. The summed E-state index contributed by atoms with van der Waals surface area (Å²) in [7, 11) is -4.61. The number of nitro groups is 1. The highest BCUT2D eigenvalue weighted by Crippen LogP contribution is 2.53. The Kier molecular flexibility index (Phi) is 11.5. The van der Waals surface area contributed by atoms with Gasteiger partial charge in [-0.3, -0.25) is 19.8 Å². The van der Waals surface area contributed by atoms with Crippen molar-refractivity contribution in [1.82, 2.24) is 29.9 Å². The molecule has 3 aliphatic carbocycles. The second-order valence-corrected chi connectivity index (χ2v) is 20.4. The highest BCUT2D eigenvalue weighted by Gasteiger charge is 2.50. The van der Waals surface area contributed by atoms with Gasteiger partial charge < -0.3 is 31.0 Å². The quantitative estimate of drug-likeness (QED) is 0.0597. The van der Waals surface area contributed by atoms with Crippen LogP contribution in [0.3, 0.4) is 0 Å². The van der Waals surface area contributed by atoms with Crippen molar-refractivity contribution in [3.05, 3.63) is 106 Å². The molecule has 3 aromatic heterocycles. The first-order chi connectivity index (χ1) is 31.0. The molecule has 1 amide bonds. The number of carbonyl (C=O) groups excluding carboxylic acids is 1. The zero-order valence-corrected chi connectivity index (χ0v) is 36.7. The maximum Gasteiger partial charge on any atom is 0.312 e. The van der Waals surface area contributed by atoms with E-state index in [1.807, 2.05) is 12.1 Å². The lowest BCUT2D eigenvalue weighted by Crippen LogP contribution is -2.59. The van der Waals surface area contributed by atoms with Gasteiger partial charge >= 0.3 is 5.69 Å². The first kappa shape index (κ1) is 42.3. The van der Waals surface area contributed by atoms with E-state index in [1.165, 1.54) is 36.8 Å². The summed E-state index contributed by atoms with van der Waals surface area (Å²) in [5, 5.41) is 19.6. The van der Waals surface area contributed by atoms with Crippen molar-refractivity contribution in [3.63, 3.8) is 0 Å². The number of nitrogens with zero attached hydrogens (tertiary/aromatic N) is 5. The van der Waals surface area contributed by atoms with Crippen LogP contribution in [0.1, 0.15) is 97.7 Å². The van der Waals surface area contributed by atoms with Gasteiger partial charge in [0.15, 0.2) is 0 Å². The van der Waals surface area contributed by atoms with Gasteiger partial charge in [0.25, 0.3) is 15.9 Å². The summed E-state index contributed by atoms with van der Waals surface area (Å²) in [4.78, 5) is 41.6. The summed E-state index contributed by atoms with van der Waals surface area (Å²) in [6, 6.07) is 19.9. The Morgan fingerprint density at radius 1 is 0.953 bits per heavy atom. The van der Waals surface area contributed by atoms with Crippen molar-refractivity contribution >= 4 is 44.2 Å². The molecule has 2 aliphatic heterocycles. The van der Waals surface area contributed by atoms with Crippen molar-refractivity contribution < 1.29 is 22.9 Å². The first-order valence-electron chi connectivity index (χ1n) is 22.8. The van der Waals surface area contributed by atoms with Gasteiger partial charge in [-0.15, -0.1) is 0 Å². The van der Waals surface area contributed by atoms with Crippen molar-refractivity contribution in [3.8, 4) is 11.5 Å². The van der Waals surface area contributed by atoms with Crippen LogP contribution in [0.4, 0.5) is 17.2 Å². The van der Waals surface area contributed by atoms with Gasteiger partial charge in [0.1, 0.15) is 22.0 Å². The van der Waals surface area contributed by atoms with Crippen LogP contribution in [-0.4, -0.2) is 90.5 Å². The molecule has 2 saturated heterocycles. The van der Waals surface area contributed by atoms with E-state index in [1.54, 1.807) is 30.6 Å². The maximum atomic E-state index is 14.0. The summed E-state index contributed by atoms with van der Waals surface area (Å²) in [5.41, 5.74) is 10.4. The molecular formula is C47H56N10O6S. The van der Waals surface area contributed by atoms with Crippen LogP contribution in [-0.2, 0) is 10.0 Å². The number of H-pyrrole nitrogens is 1. The lowest BCUT2D eigenvalue weighted by Gasteiger charge is -2.57. The molecule has 1 spiro atoms. The highest BCUT2D eigenvalue weighted by molar-refractivity contribution is 7.90. The molecule has 5 fully saturated rings. The van der Waals surface area contributed by atoms with Gasteiger partial charge in [0, 0.05) is 86.8 Å². The minimum atomic E-state index is -4.61. The van der Waals surface area contributed by atoms with Crippen molar-refractivity contribution in [2.24, 2.45) is 17.1 Å². The fraction of sp³-hybridized carbons (Fsp3) is 0.468. The van der Waals surface area contributed by atoms with Crippen molar-refractivity contribution in [2.75, 3.05) is 49.5 Å². The number of carbonyl (C=O) groups is 1. The third kappa shape index (κ3) is 8.77. The fourth-order valence-electron chi connectivity index (χ4n) is 10.7. The highest BCUT2D eigenvalue weighted by atomic mass is 32.2. The average molecular weight is 889 g/mol. The number of hydrogen-bond donors (Lipinski definition) is 5. The van der Waals surface area contributed by atoms with Crippen LogP contribution in [0.25, 0.3) is 11.0 Å². The SMILES string of the molecule is NC1CCC(CNc2ncc(S(=O)(=O)NC(=O)c3ccc(N4CCC5(CC4)CC(N4CCNC[C@H]4c4ccccc4C4CC4)C5)cc3Oc3cnc4[nH]ccc4c3)cc2[N+](=O)[O-])CC1. The molecule has 0 unspecified atom stereocenters. The predicted octanol–water partition coefficient (Wildman–Crippen LogP) is 6.98. The lowest BCUT2D eigenvalue weighted by atomic mass is 9.59. The zero-order chi connectivity index (χ0) is 44.0. The third-order valence-corrected chi connectivity index (χ3v) is 15.8. The van der Waals surface area contributed by atoms with E-state index in [0.29, 0.717) is 41.4 Å². The minimum Gasteiger partial charge on any atom is -0.455 e. The summed E-state index contributed by atoms with van der Waals surface area (Å²) in [6.07, 6.45) is 14.9. The van der Waals surface area contributed by atoms with E-state index in [9.17, 15) is 23.3 Å². The van der Waals surface area contributed by atoms with E-state index >= 15 is 0 Å². The Bertz CT molecular complexity index is 2650. The molecule has 5 heterocycles. The molecule has 0 bridgehead atoms. The van der Waals surface area contributed by atoms with Crippen LogP contribution in [0, 0.1) is 21.4 Å². The Labute approximate surface area is 372 Å². The largest absolute Gasteiger partial charge is 0.455 e. The number of aromatic amines is 1. The van der Waals surface area contributed by atoms with Gasteiger partial charge in [0.2, 0.25) is 5.82 Å². The molecule has 17 heteroatoms. The first-order valence-corrected chi connectivity index (χ1v) is 24.3. The Morgan fingerprint density at radius 2 is 1.73 bits per heavy atom. The Morgan fingerprint density at radius 3 is 2.50 bits per heavy atom. The van der Waals surface area contributed by atoms with Gasteiger partial charge in [-0.05, 0) is 117 Å². The molecule has 10 rings (SSSR count). The van der Waals surface area contributed by atoms with E-state index in [-0.39, 0.29) is 29.1 Å². The molecule has 5 aromatic rings. The molecule has 1 atom stereocenters. The number of piperazine rings is 1. The Hall–Kier alpha value is -5.62. The van der Waals surface area contributed by atoms with Gasteiger partial charge in [-0.1, -0.05) is 24.3 Å². The number of anilines is 2. The second kappa shape index (κ2) is 17.4. The molecule has 16 nitrogen and oxygen atoms in total. The zero-order valence-electron chi connectivity index (χ0n) is 35.9. The number of nitrogens with two attached hydrogens (primary N) is 1. The average Bonchev–Trinajstić information content (AvgIpc) is 4.04. The lowest BCUT2D eigenvalue weighted by molar-refractivity contribution is -0.384. The van der Waals surface area contributed by atoms with Crippen molar-refractivity contribution in [1.29, 1.82) is 0 Å². The van der Waals surface area contributed by atoms with Crippen LogP contribution in [0.2, 0.25) is 0 Å². The predicted molar refractivity (Wildman–Crippen MR) is 244 cm³/mol. The van der Waals surface area contributed by atoms with Crippen molar-refractivity contribution in [2.45, 2.75) is 93.1 Å². The summed E-state index contributed by atoms with van der Waals surface area (Å²) < 4.78 is 35.9.